The van der Waals surface area contributed by atoms with Gasteiger partial charge in [0.2, 0.25) is 0 Å². The number of nitrogens with zero attached hydrogens (tertiary/aromatic N) is 2. The van der Waals surface area contributed by atoms with E-state index in [1.165, 1.54) is 16.8 Å². The molecule has 2 aromatic rings. The Hall–Kier alpha value is -1.77. The van der Waals surface area contributed by atoms with Gasteiger partial charge in [0.05, 0.1) is 18.5 Å². The van der Waals surface area contributed by atoms with E-state index in [-0.39, 0.29) is 0 Å². The van der Waals surface area contributed by atoms with Crippen LogP contribution in [0.1, 0.15) is 11.3 Å². The van der Waals surface area contributed by atoms with E-state index in [1.54, 1.807) is 7.11 Å². The lowest BCUT2D eigenvalue weighted by Crippen LogP contribution is -1.94. The summed E-state index contributed by atoms with van der Waals surface area (Å²) >= 11 is 0. The molecule has 0 N–H and O–H groups in total. The summed E-state index contributed by atoms with van der Waals surface area (Å²) in [5, 5.41) is 4.41. The first-order chi connectivity index (χ1) is 7.63. The van der Waals surface area contributed by atoms with Crippen LogP contribution in [0.5, 0.6) is 5.75 Å². The van der Waals surface area contributed by atoms with Gasteiger partial charge in [-0.1, -0.05) is 0 Å². The highest BCUT2D eigenvalue weighted by Gasteiger charge is 2.10. The minimum atomic E-state index is 0.875. The topological polar surface area (TPSA) is 27.1 Å². The molecule has 0 bridgehead atoms. The molecule has 0 saturated heterocycles. The van der Waals surface area contributed by atoms with Crippen LogP contribution in [-0.4, -0.2) is 16.9 Å². The van der Waals surface area contributed by atoms with Gasteiger partial charge >= 0.3 is 0 Å². The molecule has 0 aliphatic carbocycles. The molecule has 0 saturated carbocycles. The van der Waals surface area contributed by atoms with Gasteiger partial charge in [0.25, 0.3) is 0 Å². The number of ether oxygens (including phenoxy) is 1. The first-order valence-electron chi connectivity index (χ1n) is 5.28. The summed E-state index contributed by atoms with van der Waals surface area (Å²) in [6.07, 6.45) is 0. The van der Waals surface area contributed by atoms with Crippen molar-refractivity contribution in [2.75, 3.05) is 7.11 Å². The Morgan fingerprint density at radius 2 is 1.75 bits per heavy atom. The second-order valence-electron chi connectivity index (χ2n) is 3.91. The van der Waals surface area contributed by atoms with Crippen molar-refractivity contribution in [3.63, 3.8) is 0 Å². The molecular formula is C13H16N2O. The minimum absolute atomic E-state index is 0.875. The Morgan fingerprint density at radius 3 is 2.19 bits per heavy atom. The molecule has 0 unspecified atom stereocenters. The fourth-order valence-corrected chi connectivity index (χ4v) is 1.92. The number of methoxy groups -OCH3 is 1. The predicted octanol–water partition coefficient (Wildman–Crippen LogP) is 2.71. The summed E-state index contributed by atoms with van der Waals surface area (Å²) < 4.78 is 7.07. The summed E-state index contributed by atoms with van der Waals surface area (Å²) in [6.45, 7) is 4.13. The average Bonchev–Trinajstić information content (AvgIpc) is 2.54. The van der Waals surface area contributed by atoms with Crippen LogP contribution in [0.25, 0.3) is 11.3 Å². The quantitative estimate of drug-likeness (QED) is 0.771. The summed E-state index contributed by atoms with van der Waals surface area (Å²) in [4.78, 5) is 0. The van der Waals surface area contributed by atoms with Gasteiger partial charge in [-0.2, -0.15) is 5.10 Å². The minimum Gasteiger partial charge on any atom is -0.497 e. The molecule has 3 nitrogen and oxygen atoms in total. The van der Waals surface area contributed by atoms with Crippen LogP contribution >= 0.6 is 0 Å². The highest BCUT2D eigenvalue weighted by Crippen LogP contribution is 2.26. The Labute approximate surface area is 95.7 Å². The Balaban J connectivity index is 2.50. The van der Waals surface area contributed by atoms with E-state index in [4.69, 9.17) is 4.74 Å². The van der Waals surface area contributed by atoms with Crippen LogP contribution < -0.4 is 4.74 Å². The van der Waals surface area contributed by atoms with Crippen LogP contribution in [-0.2, 0) is 7.05 Å². The third-order valence-corrected chi connectivity index (χ3v) is 2.88. The van der Waals surface area contributed by atoms with Gasteiger partial charge in [0.15, 0.2) is 0 Å². The van der Waals surface area contributed by atoms with Crippen LogP contribution in [0.4, 0.5) is 0 Å². The first-order valence-corrected chi connectivity index (χ1v) is 5.28. The van der Waals surface area contributed by atoms with Gasteiger partial charge in [-0.3, -0.25) is 4.68 Å². The maximum Gasteiger partial charge on any atom is 0.118 e. The predicted molar refractivity (Wildman–Crippen MR) is 64.7 cm³/mol. The molecule has 0 spiro atoms. The van der Waals surface area contributed by atoms with Crippen molar-refractivity contribution in [3.8, 4) is 17.0 Å². The average molecular weight is 216 g/mol. The summed E-state index contributed by atoms with van der Waals surface area (Å²) in [6, 6.07) is 8.05. The normalized spacial score (nSPS) is 10.5. The second-order valence-corrected chi connectivity index (χ2v) is 3.91. The number of rotatable bonds is 2. The number of aryl methyl sites for hydroxylation is 2. The van der Waals surface area contributed by atoms with Crippen molar-refractivity contribution in [1.82, 2.24) is 9.78 Å². The molecule has 0 aliphatic heterocycles. The Kier molecular flexibility index (Phi) is 2.69. The van der Waals surface area contributed by atoms with Crippen molar-refractivity contribution >= 4 is 0 Å². The van der Waals surface area contributed by atoms with E-state index < -0.39 is 0 Å². The van der Waals surface area contributed by atoms with Crippen molar-refractivity contribution in [2.45, 2.75) is 13.8 Å². The molecule has 2 rings (SSSR count). The third-order valence-electron chi connectivity index (χ3n) is 2.88. The maximum absolute atomic E-state index is 5.15. The molecule has 16 heavy (non-hydrogen) atoms. The molecule has 0 atom stereocenters. The van der Waals surface area contributed by atoms with Crippen LogP contribution in [0.3, 0.4) is 0 Å². The zero-order valence-corrected chi connectivity index (χ0v) is 10.1. The fourth-order valence-electron chi connectivity index (χ4n) is 1.92. The number of aromatic nitrogens is 2. The number of benzene rings is 1. The molecule has 0 amide bonds. The van der Waals surface area contributed by atoms with Gasteiger partial charge in [0, 0.05) is 12.6 Å². The van der Waals surface area contributed by atoms with E-state index in [1.807, 2.05) is 30.8 Å². The van der Waals surface area contributed by atoms with Gasteiger partial charge in [-0.15, -0.1) is 0 Å². The standard InChI is InChI=1S/C13H16N2O/c1-9-10(2)14-15(3)13(9)11-5-7-12(16-4)8-6-11/h5-8H,1-4H3. The smallest absolute Gasteiger partial charge is 0.118 e. The van der Waals surface area contributed by atoms with E-state index in [0.717, 1.165) is 11.4 Å². The molecule has 0 aliphatic rings. The van der Waals surface area contributed by atoms with Crippen LogP contribution in [0.15, 0.2) is 24.3 Å². The zero-order chi connectivity index (χ0) is 11.7. The van der Waals surface area contributed by atoms with Gasteiger partial charge in [0.1, 0.15) is 5.75 Å². The van der Waals surface area contributed by atoms with E-state index in [2.05, 4.69) is 24.2 Å². The Morgan fingerprint density at radius 1 is 1.12 bits per heavy atom. The van der Waals surface area contributed by atoms with Crippen molar-refractivity contribution in [3.05, 3.63) is 35.5 Å². The van der Waals surface area contributed by atoms with Gasteiger partial charge < -0.3 is 4.74 Å². The highest BCUT2D eigenvalue weighted by atomic mass is 16.5. The maximum atomic E-state index is 5.15. The molecule has 0 fully saturated rings. The molecule has 3 heteroatoms. The molecule has 1 aromatic carbocycles. The molecule has 0 radical (unpaired) electrons. The Bertz CT molecular complexity index is 497. The SMILES string of the molecule is COc1ccc(-c2c(C)c(C)nn2C)cc1. The number of hydrogen-bond donors (Lipinski definition) is 0. The lowest BCUT2D eigenvalue weighted by Gasteiger charge is -2.05. The molecule has 1 aromatic heterocycles. The van der Waals surface area contributed by atoms with Crippen molar-refractivity contribution in [2.24, 2.45) is 7.05 Å². The van der Waals surface area contributed by atoms with Gasteiger partial charge in [-0.05, 0) is 43.7 Å². The van der Waals surface area contributed by atoms with E-state index in [9.17, 15) is 0 Å². The van der Waals surface area contributed by atoms with Crippen molar-refractivity contribution in [1.29, 1.82) is 0 Å². The van der Waals surface area contributed by atoms with E-state index in [0.29, 0.717) is 0 Å². The van der Waals surface area contributed by atoms with Crippen LogP contribution in [0.2, 0.25) is 0 Å². The third kappa shape index (κ3) is 1.69. The summed E-state index contributed by atoms with van der Waals surface area (Å²) in [5.74, 6) is 0.875. The number of hydrogen-bond acceptors (Lipinski definition) is 2. The monoisotopic (exact) mass is 216 g/mol. The lowest BCUT2D eigenvalue weighted by molar-refractivity contribution is 0.415. The second kappa shape index (κ2) is 4.00. The molecule has 1 heterocycles. The molecular weight excluding hydrogens is 200 g/mol. The molecule has 84 valence electrons. The van der Waals surface area contributed by atoms with Crippen LogP contribution in [0, 0.1) is 13.8 Å². The highest BCUT2D eigenvalue weighted by molar-refractivity contribution is 5.65. The van der Waals surface area contributed by atoms with Gasteiger partial charge in [-0.25, -0.2) is 0 Å². The fraction of sp³-hybridized carbons (Fsp3) is 0.308. The first kappa shape index (κ1) is 10.7. The summed E-state index contributed by atoms with van der Waals surface area (Å²) in [7, 11) is 3.65. The summed E-state index contributed by atoms with van der Waals surface area (Å²) in [5.41, 5.74) is 4.64. The van der Waals surface area contributed by atoms with Crippen molar-refractivity contribution < 1.29 is 4.74 Å². The lowest BCUT2D eigenvalue weighted by atomic mass is 10.1. The van der Waals surface area contributed by atoms with E-state index >= 15 is 0 Å². The largest absolute Gasteiger partial charge is 0.497 e. The zero-order valence-electron chi connectivity index (χ0n) is 10.1.